The van der Waals surface area contributed by atoms with E-state index in [2.05, 4.69) is 0 Å². The lowest BCUT2D eigenvalue weighted by Crippen LogP contribution is -1.90. The normalized spacial score (nSPS) is 10.1. The monoisotopic (exact) mass is 232 g/mol. The Hall–Kier alpha value is -2.03. The molecule has 0 bridgehead atoms. The molecule has 2 aromatic rings. The number of hydrogen-bond donors (Lipinski definition) is 0. The zero-order chi connectivity index (χ0) is 12.3. The predicted octanol–water partition coefficient (Wildman–Crippen LogP) is 3.51. The summed E-state index contributed by atoms with van der Waals surface area (Å²) in [5, 5.41) is 0. The van der Waals surface area contributed by atoms with Gasteiger partial charge in [-0.25, -0.2) is 4.39 Å². The lowest BCUT2D eigenvalue weighted by atomic mass is 10.1. The van der Waals surface area contributed by atoms with E-state index in [9.17, 15) is 4.39 Å². The molecule has 2 nitrogen and oxygen atoms in total. The summed E-state index contributed by atoms with van der Waals surface area (Å²) in [4.78, 5) is 0. The van der Waals surface area contributed by atoms with Crippen LogP contribution in [-0.2, 0) is 0 Å². The summed E-state index contributed by atoms with van der Waals surface area (Å²) in [6.45, 7) is 0. The van der Waals surface area contributed by atoms with E-state index >= 15 is 0 Å². The summed E-state index contributed by atoms with van der Waals surface area (Å²) in [7, 11) is 3.18. The summed E-state index contributed by atoms with van der Waals surface area (Å²) < 4.78 is 23.2. The van der Waals surface area contributed by atoms with Gasteiger partial charge in [-0.1, -0.05) is 18.2 Å². The molecule has 0 N–H and O–H groups in total. The van der Waals surface area contributed by atoms with Crippen LogP contribution >= 0.6 is 0 Å². The zero-order valence-electron chi connectivity index (χ0n) is 9.74. The van der Waals surface area contributed by atoms with Gasteiger partial charge < -0.3 is 9.47 Å². The third kappa shape index (κ3) is 2.38. The van der Waals surface area contributed by atoms with Crippen LogP contribution in [0.2, 0.25) is 0 Å². The molecular formula is C14H13FO2. The number of methoxy groups -OCH3 is 2. The van der Waals surface area contributed by atoms with Gasteiger partial charge in [0.15, 0.2) is 11.5 Å². The van der Waals surface area contributed by atoms with Gasteiger partial charge in [-0.15, -0.1) is 0 Å². The van der Waals surface area contributed by atoms with Gasteiger partial charge in [0.2, 0.25) is 0 Å². The first-order valence-electron chi connectivity index (χ1n) is 5.22. The molecule has 0 aliphatic rings. The molecule has 0 aliphatic heterocycles. The number of hydrogen-bond acceptors (Lipinski definition) is 2. The van der Waals surface area contributed by atoms with Crippen molar-refractivity contribution in [1.82, 2.24) is 0 Å². The van der Waals surface area contributed by atoms with Crippen LogP contribution in [0.25, 0.3) is 11.1 Å². The molecule has 0 unspecified atom stereocenters. The summed E-state index contributed by atoms with van der Waals surface area (Å²) in [5.41, 5.74) is 1.90. The molecule has 2 aromatic carbocycles. The van der Waals surface area contributed by atoms with E-state index in [1.54, 1.807) is 26.4 Å². The van der Waals surface area contributed by atoms with Crippen molar-refractivity contribution in [2.45, 2.75) is 0 Å². The fourth-order valence-electron chi connectivity index (χ4n) is 1.66. The fourth-order valence-corrected chi connectivity index (χ4v) is 1.66. The molecule has 0 spiro atoms. The minimum Gasteiger partial charge on any atom is -0.493 e. The molecule has 3 heteroatoms. The van der Waals surface area contributed by atoms with Crippen molar-refractivity contribution < 1.29 is 13.9 Å². The van der Waals surface area contributed by atoms with Crippen molar-refractivity contribution in [3.8, 4) is 22.6 Å². The lowest BCUT2D eigenvalue weighted by molar-refractivity contribution is 0.355. The van der Waals surface area contributed by atoms with E-state index in [1.807, 2.05) is 18.2 Å². The van der Waals surface area contributed by atoms with Crippen LogP contribution in [0, 0.1) is 5.82 Å². The van der Waals surface area contributed by atoms with Crippen molar-refractivity contribution in [3.05, 3.63) is 48.3 Å². The Morgan fingerprint density at radius 2 is 1.35 bits per heavy atom. The van der Waals surface area contributed by atoms with E-state index in [0.717, 1.165) is 11.1 Å². The van der Waals surface area contributed by atoms with Crippen LogP contribution in [-0.4, -0.2) is 14.2 Å². The maximum atomic E-state index is 12.8. The number of benzene rings is 2. The third-order valence-corrected chi connectivity index (χ3v) is 2.56. The minimum atomic E-state index is -0.241. The van der Waals surface area contributed by atoms with Crippen molar-refractivity contribution >= 4 is 0 Å². The summed E-state index contributed by atoms with van der Waals surface area (Å²) in [5.74, 6) is 1.10. The van der Waals surface area contributed by atoms with Gasteiger partial charge in [-0.2, -0.15) is 0 Å². The number of ether oxygens (including phenoxy) is 2. The topological polar surface area (TPSA) is 18.5 Å². The third-order valence-electron chi connectivity index (χ3n) is 2.56. The Morgan fingerprint density at radius 1 is 0.765 bits per heavy atom. The van der Waals surface area contributed by atoms with Gasteiger partial charge in [0, 0.05) is 0 Å². The average Bonchev–Trinajstić information content (AvgIpc) is 2.39. The largest absolute Gasteiger partial charge is 0.493 e. The molecular weight excluding hydrogens is 219 g/mol. The fraction of sp³-hybridized carbons (Fsp3) is 0.143. The first kappa shape index (κ1) is 11.5. The predicted molar refractivity (Wildman–Crippen MR) is 64.9 cm³/mol. The summed E-state index contributed by atoms with van der Waals surface area (Å²) in [6, 6.07) is 11.9. The molecule has 0 amide bonds. The van der Waals surface area contributed by atoms with Gasteiger partial charge in [0.1, 0.15) is 5.82 Å². The smallest absolute Gasteiger partial charge is 0.161 e. The highest BCUT2D eigenvalue weighted by atomic mass is 19.1. The van der Waals surface area contributed by atoms with Crippen molar-refractivity contribution in [1.29, 1.82) is 0 Å². The van der Waals surface area contributed by atoms with E-state index in [1.165, 1.54) is 12.1 Å². The van der Waals surface area contributed by atoms with Gasteiger partial charge in [-0.05, 0) is 35.4 Å². The number of rotatable bonds is 3. The zero-order valence-corrected chi connectivity index (χ0v) is 9.74. The maximum Gasteiger partial charge on any atom is 0.161 e. The maximum absolute atomic E-state index is 12.8. The van der Waals surface area contributed by atoms with Crippen LogP contribution in [0.3, 0.4) is 0 Å². The highest BCUT2D eigenvalue weighted by Crippen LogP contribution is 2.32. The van der Waals surface area contributed by atoms with Crippen LogP contribution in [0.4, 0.5) is 4.39 Å². The molecule has 0 saturated heterocycles. The quantitative estimate of drug-likeness (QED) is 0.806. The van der Waals surface area contributed by atoms with Crippen molar-refractivity contribution in [2.75, 3.05) is 14.2 Å². The molecule has 0 saturated carbocycles. The second kappa shape index (κ2) is 4.87. The second-order valence-electron chi connectivity index (χ2n) is 3.58. The molecule has 0 atom stereocenters. The standard InChI is InChI=1S/C14H13FO2/c1-16-13-8-5-11(9-14(13)17-2)10-3-6-12(15)7-4-10/h3-9H,1-2H3. The van der Waals surface area contributed by atoms with E-state index in [0.29, 0.717) is 11.5 Å². The van der Waals surface area contributed by atoms with Crippen molar-refractivity contribution in [3.63, 3.8) is 0 Å². The van der Waals surface area contributed by atoms with Gasteiger partial charge in [0.05, 0.1) is 14.2 Å². The molecule has 0 aromatic heterocycles. The first-order valence-corrected chi connectivity index (χ1v) is 5.22. The van der Waals surface area contributed by atoms with Crippen LogP contribution < -0.4 is 9.47 Å². The highest BCUT2D eigenvalue weighted by molar-refractivity contribution is 5.67. The van der Waals surface area contributed by atoms with Crippen LogP contribution in [0.5, 0.6) is 11.5 Å². The Labute approximate surface area is 99.6 Å². The second-order valence-corrected chi connectivity index (χ2v) is 3.58. The molecule has 0 aliphatic carbocycles. The molecule has 88 valence electrons. The SMILES string of the molecule is COc1ccc(-c2ccc(F)cc2)cc1OC. The lowest BCUT2D eigenvalue weighted by Gasteiger charge is -2.09. The molecule has 0 fully saturated rings. The summed E-state index contributed by atoms with van der Waals surface area (Å²) in [6.07, 6.45) is 0. The van der Waals surface area contributed by atoms with Gasteiger partial charge >= 0.3 is 0 Å². The molecule has 2 rings (SSSR count). The van der Waals surface area contributed by atoms with Crippen LogP contribution in [0.1, 0.15) is 0 Å². The average molecular weight is 232 g/mol. The minimum absolute atomic E-state index is 0.241. The van der Waals surface area contributed by atoms with E-state index < -0.39 is 0 Å². The number of halogens is 1. The highest BCUT2D eigenvalue weighted by Gasteiger charge is 2.05. The molecule has 0 radical (unpaired) electrons. The van der Waals surface area contributed by atoms with Crippen molar-refractivity contribution in [2.24, 2.45) is 0 Å². The first-order chi connectivity index (χ1) is 8.24. The van der Waals surface area contributed by atoms with Gasteiger partial charge in [0.25, 0.3) is 0 Å². The summed E-state index contributed by atoms with van der Waals surface area (Å²) >= 11 is 0. The molecule has 17 heavy (non-hydrogen) atoms. The molecule has 0 heterocycles. The Kier molecular flexibility index (Phi) is 3.28. The van der Waals surface area contributed by atoms with E-state index in [-0.39, 0.29) is 5.82 Å². The Bertz CT molecular complexity index is 506. The Morgan fingerprint density at radius 3 is 1.94 bits per heavy atom. The Balaban J connectivity index is 2.42. The van der Waals surface area contributed by atoms with Gasteiger partial charge in [-0.3, -0.25) is 0 Å². The van der Waals surface area contributed by atoms with Crippen LogP contribution in [0.15, 0.2) is 42.5 Å². The van der Waals surface area contributed by atoms with E-state index in [4.69, 9.17) is 9.47 Å².